The van der Waals surface area contributed by atoms with E-state index in [1.807, 2.05) is 11.3 Å². The van der Waals surface area contributed by atoms with Crippen molar-refractivity contribution >= 4 is 48.6 Å². The molecule has 10 aliphatic carbocycles. The lowest BCUT2D eigenvalue weighted by molar-refractivity contribution is 0.165. The fourth-order valence-corrected chi connectivity index (χ4v) is 18.6. The monoisotopic (exact) mass is 905 g/mol. The number of nitrogens with zero attached hydrogens (tertiary/aromatic N) is 1. The second kappa shape index (κ2) is 14.0. The number of benzene rings is 8. The van der Waals surface area contributed by atoms with Crippen molar-refractivity contribution in [1.82, 2.24) is 0 Å². The predicted octanol–water partition coefficient (Wildman–Crippen LogP) is 18.3. The SMILES string of the molecule is c1ccc(-c2ccc(N(c3ccc4c(c3)sc3ccccc34)c3c4c(cc5c3C3CC6CC(CC5C6)C3)C3(c5ccccc5-c5ccccc53)c3cc5c(cc3-4)C3CC4CC(C3)CC5C4)cc2)cc1. The molecule has 0 amide bonds. The molecule has 4 saturated carbocycles. The predicted molar refractivity (Wildman–Crippen MR) is 287 cm³/mol. The van der Waals surface area contributed by atoms with E-state index < -0.39 is 5.41 Å². The van der Waals surface area contributed by atoms with Crippen molar-refractivity contribution in [3.05, 3.63) is 208 Å². The number of rotatable bonds is 4. The summed E-state index contributed by atoms with van der Waals surface area (Å²) in [6, 6.07) is 65.1. The van der Waals surface area contributed by atoms with Crippen molar-refractivity contribution in [3.8, 4) is 33.4 Å². The molecule has 1 nitrogen and oxygen atoms in total. The van der Waals surface area contributed by atoms with Gasteiger partial charge in [-0.15, -0.1) is 11.3 Å². The van der Waals surface area contributed by atoms with Gasteiger partial charge in [0.1, 0.15) is 0 Å². The summed E-state index contributed by atoms with van der Waals surface area (Å²) in [6.45, 7) is 0. The Balaban J connectivity index is 1.03. The fourth-order valence-electron chi connectivity index (χ4n) is 17.5. The minimum atomic E-state index is -0.401. The van der Waals surface area contributed by atoms with Gasteiger partial charge in [0, 0.05) is 37.1 Å². The van der Waals surface area contributed by atoms with Gasteiger partial charge in [-0.3, -0.25) is 0 Å². The van der Waals surface area contributed by atoms with E-state index in [-0.39, 0.29) is 0 Å². The molecule has 4 atom stereocenters. The molecule has 1 heterocycles. The van der Waals surface area contributed by atoms with E-state index in [1.54, 1.807) is 33.4 Å². The van der Waals surface area contributed by atoms with E-state index in [9.17, 15) is 0 Å². The molecule has 19 rings (SSSR count). The smallest absolute Gasteiger partial charge is 0.0726 e. The highest BCUT2D eigenvalue weighted by atomic mass is 32.1. The lowest BCUT2D eigenvalue weighted by Crippen LogP contribution is -2.27. The molecule has 9 aromatic rings. The number of hydrogen-bond acceptors (Lipinski definition) is 2. The highest BCUT2D eigenvalue weighted by Crippen LogP contribution is 2.70. The molecule has 0 aliphatic heterocycles. The first-order chi connectivity index (χ1) is 34.1. The maximum atomic E-state index is 2.88. The Kier molecular flexibility index (Phi) is 7.82. The van der Waals surface area contributed by atoms with Gasteiger partial charge < -0.3 is 4.90 Å². The minimum Gasteiger partial charge on any atom is -0.310 e. The highest BCUT2D eigenvalue weighted by Gasteiger charge is 2.56. The van der Waals surface area contributed by atoms with Crippen molar-refractivity contribution in [1.29, 1.82) is 0 Å². The maximum Gasteiger partial charge on any atom is 0.0726 e. The van der Waals surface area contributed by atoms with Crippen molar-refractivity contribution in [3.63, 3.8) is 0 Å². The van der Waals surface area contributed by atoms with Crippen LogP contribution in [0, 0.1) is 23.7 Å². The zero-order valence-corrected chi connectivity index (χ0v) is 40.0. The van der Waals surface area contributed by atoms with Crippen LogP contribution in [0.1, 0.15) is 132 Å². The van der Waals surface area contributed by atoms with Crippen molar-refractivity contribution in [2.75, 3.05) is 4.90 Å². The Morgan fingerprint density at radius 3 is 1.61 bits per heavy atom. The summed E-state index contributed by atoms with van der Waals surface area (Å²) in [5.74, 6) is 5.84. The topological polar surface area (TPSA) is 3.24 Å². The van der Waals surface area contributed by atoms with Crippen LogP contribution >= 0.6 is 11.3 Å². The molecule has 334 valence electrons. The molecule has 0 radical (unpaired) electrons. The normalized spacial score (nSPS) is 26.4. The molecule has 69 heavy (non-hydrogen) atoms. The zero-order valence-electron chi connectivity index (χ0n) is 39.1. The maximum absolute atomic E-state index is 2.88. The summed E-state index contributed by atoms with van der Waals surface area (Å²) >= 11 is 1.95. The number of fused-ring (bicyclic) bond motifs is 13. The quantitative estimate of drug-likeness (QED) is 0.170. The molecule has 1 spiro atoms. The first kappa shape index (κ1) is 38.6. The van der Waals surface area contributed by atoms with E-state index in [0.717, 1.165) is 23.7 Å². The molecule has 8 bridgehead atoms. The lowest BCUT2D eigenvalue weighted by atomic mass is 9.66. The second-order valence-corrected chi connectivity index (χ2v) is 24.2. The summed E-state index contributed by atoms with van der Waals surface area (Å²) in [4.78, 5) is 2.82. The summed E-state index contributed by atoms with van der Waals surface area (Å²) in [5.41, 5.74) is 24.9. The molecule has 2 heteroatoms. The standard InChI is InChI=1S/C67H55NS/c1-2-10-42(11-3-1)43-18-20-48(21-19-43)68(49-22-23-53-52-14-6-9-17-62(52)69-63(53)34-49)66-64-47-32-40-25-41(33-47)31-46(30-40)56(64)37-61-65(66)57-35-54-44-26-38-24-39(27-44)29-45(28-38)55(54)36-60(57)67(61)58-15-7-4-12-50(58)51-13-5-8-16-59(51)67/h1-23,34-41,44-47H,24-33H2. The largest absolute Gasteiger partial charge is 0.310 e. The van der Waals surface area contributed by atoms with E-state index in [1.165, 1.54) is 146 Å². The Morgan fingerprint density at radius 2 is 0.913 bits per heavy atom. The third-order valence-electron chi connectivity index (χ3n) is 19.7. The molecule has 0 saturated heterocycles. The summed E-state index contributed by atoms with van der Waals surface area (Å²) in [7, 11) is 0. The molecule has 0 N–H and O–H groups in total. The highest BCUT2D eigenvalue weighted by molar-refractivity contribution is 7.25. The third-order valence-corrected chi connectivity index (χ3v) is 20.8. The average molecular weight is 906 g/mol. The number of thiophene rings is 1. The van der Waals surface area contributed by atoms with E-state index in [2.05, 4.69) is 169 Å². The summed E-state index contributed by atoms with van der Waals surface area (Å²) in [6.07, 6.45) is 13.7. The van der Waals surface area contributed by atoms with Gasteiger partial charge in [-0.05, 0) is 214 Å². The Morgan fingerprint density at radius 1 is 0.377 bits per heavy atom. The lowest BCUT2D eigenvalue weighted by Gasteiger charge is -2.39. The van der Waals surface area contributed by atoms with Crippen LogP contribution in [-0.2, 0) is 5.41 Å². The fraction of sp³-hybridized carbons (Fsp3) is 0.284. The van der Waals surface area contributed by atoms with Crippen LogP contribution in [0.15, 0.2) is 164 Å². The van der Waals surface area contributed by atoms with Gasteiger partial charge in [0.15, 0.2) is 0 Å². The van der Waals surface area contributed by atoms with Crippen LogP contribution in [0.3, 0.4) is 0 Å². The van der Waals surface area contributed by atoms with Gasteiger partial charge >= 0.3 is 0 Å². The van der Waals surface area contributed by atoms with E-state index in [4.69, 9.17) is 0 Å². The molecule has 1 aromatic heterocycles. The molecule has 8 aromatic carbocycles. The average Bonchev–Trinajstić information content (AvgIpc) is 3.92. The summed E-state index contributed by atoms with van der Waals surface area (Å²) in [5, 5.41) is 2.73. The third kappa shape index (κ3) is 5.21. The van der Waals surface area contributed by atoms with Crippen LogP contribution in [0.25, 0.3) is 53.6 Å². The van der Waals surface area contributed by atoms with Gasteiger partial charge in [0.05, 0.1) is 11.1 Å². The van der Waals surface area contributed by atoms with Crippen LogP contribution in [0.4, 0.5) is 17.1 Å². The molecule has 10 aliphatic rings. The first-order valence-corrected chi connectivity index (χ1v) is 27.4. The van der Waals surface area contributed by atoms with Gasteiger partial charge in [0.25, 0.3) is 0 Å². The number of hydrogen-bond donors (Lipinski definition) is 0. The van der Waals surface area contributed by atoms with Gasteiger partial charge in [-0.1, -0.05) is 133 Å². The molecular formula is C67H55NS. The zero-order chi connectivity index (χ0) is 44.7. The van der Waals surface area contributed by atoms with Crippen LogP contribution < -0.4 is 4.90 Å². The van der Waals surface area contributed by atoms with E-state index >= 15 is 0 Å². The van der Waals surface area contributed by atoms with Crippen molar-refractivity contribution in [2.24, 2.45) is 23.7 Å². The Labute approximate surface area is 409 Å². The number of anilines is 3. The summed E-state index contributed by atoms with van der Waals surface area (Å²) < 4.78 is 2.73. The van der Waals surface area contributed by atoms with Crippen molar-refractivity contribution in [2.45, 2.75) is 93.3 Å². The van der Waals surface area contributed by atoms with Crippen LogP contribution in [0.2, 0.25) is 0 Å². The van der Waals surface area contributed by atoms with Crippen molar-refractivity contribution < 1.29 is 0 Å². The van der Waals surface area contributed by atoms with Crippen LogP contribution in [-0.4, -0.2) is 0 Å². The first-order valence-electron chi connectivity index (χ1n) is 26.6. The van der Waals surface area contributed by atoms with Gasteiger partial charge in [-0.25, -0.2) is 0 Å². The molecular weight excluding hydrogens is 851 g/mol. The van der Waals surface area contributed by atoms with Gasteiger partial charge in [0.2, 0.25) is 0 Å². The molecule has 4 fully saturated rings. The van der Waals surface area contributed by atoms with E-state index in [0.29, 0.717) is 23.7 Å². The molecule has 4 unspecified atom stereocenters. The van der Waals surface area contributed by atoms with Gasteiger partial charge in [-0.2, -0.15) is 0 Å². The second-order valence-electron chi connectivity index (χ2n) is 23.2. The van der Waals surface area contributed by atoms with Crippen LogP contribution in [0.5, 0.6) is 0 Å². The minimum absolute atomic E-state index is 0.401. The Hall–Kier alpha value is -6.22. The Bertz CT molecular complexity index is 3580.